The van der Waals surface area contributed by atoms with Gasteiger partial charge in [-0.3, -0.25) is 9.36 Å². The second-order valence-corrected chi connectivity index (χ2v) is 5.99. The van der Waals surface area contributed by atoms with Gasteiger partial charge in [0.2, 0.25) is 0 Å². The highest BCUT2D eigenvalue weighted by atomic mass is 16.5. The lowest BCUT2D eigenvalue weighted by molar-refractivity contribution is -0.0518. The third-order valence-electron chi connectivity index (χ3n) is 4.59. The first-order valence-electron chi connectivity index (χ1n) is 7.72. The maximum atomic E-state index is 12.8. The molecule has 0 N–H and O–H groups in total. The van der Waals surface area contributed by atoms with E-state index in [2.05, 4.69) is 11.2 Å². The predicted molar refractivity (Wildman–Crippen MR) is 86.2 cm³/mol. The van der Waals surface area contributed by atoms with Crippen LogP contribution >= 0.6 is 0 Å². The Morgan fingerprint density at radius 1 is 1.36 bits per heavy atom. The van der Waals surface area contributed by atoms with Gasteiger partial charge in [-0.25, -0.2) is 4.68 Å². The second kappa shape index (κ2) is 4.68. The average Bonchev–Trinajstić information content (AvgIpc) is 2.86. The monoisotopic (exact) mass is 297 g/mol. The van der Waals surface area contributed by atoms with E-state index in [1.165, 1.54) is 0 Å². The lowest BCUT2D eigenvalue weighted by atomic mass is 9.93. The van der Waals surface area contributed by atoms with E-state index in [9.17, 15) is 4.79 Å². The fourth-order valence-electron chi connectivity index (χ4n) is 3.44. The minimum absolute atomic E-state index is 0.0296. The summed E-state index contributed by atoms with van der Waals surface area (Å²) in [4.78, 5) is 12.8. The van der Waals surface area contributed by atoms with Crippen LogP contribution < -0.4 is 5.56 Å². The van der Waals surface area contributed by atoms with Gasteiger partial charge in [-0.05, 0) is 31.0 Å². The average molecular weight is 297 g/mol. The van der Waals surface area contributed by atoms with Crippen LogP contribution in [0.4, 0.5) is 0 Å². The molecule has 2 aromatic heterocycles. The number of fused-ring (bicyclic) bond motifs is 3. The van der Waals surface area contributed by atoms with Crippen molar-refractivity contribution in [2.45, 2.75) is 32.9 Å². The van der Waals surface area contributed by atoms with Crippen molar-refractivity contribution in [3.8, 4) is 0 Å². The molecule has 0 amide bonds. The van der Waals surface area contributed by atoms with Crippen LogP contribution in [0.5, 0.6) is 0 Å². The summed E-state index contributed by atoms with van der Waals surface area (Å²) in [6.07, 6.45) is 2.98. The van der Waals surface area contributed by atoms with Crippen molar-refractivity contribution in [1.29, 1.82) is 0 Å². The first kappa shape index (κ1) is 13.5. The number of nitrogens with zero attached hydrogens (tertiary/aromatic N) is 3. The Kier molecular flexibility index (Phi) is 2.87. The molecule has 1 fully saturated rings. The molecule has 5 nitrogen and oxygen atoms in total. The highest BCUT2D eigenvalue weighted by molar-refractivity contribution is 6.06. The van der Waals surface area contributed by atoms with E-state index in [-0.39, 0.29) is 11.7 Å². The zero-order valence-electron chi connectivity index (χ0n) is 13.1. The molecule has 1 unspecified atom stereocenters. The summed E-state index contributed by atoms with van der Waals surface area (Å²) >= 11 is 0. The summed E-state index contributed by atoms with van der Waals surface area (Å²) in [6, 6.07) is 4.12. The van der Waals surface area contributed by atoms with Crippen LogP contribution in [0.25, 0.3) is 21.8 Å². The molecule has 114 valence electrons. The van der Waals surface area contributed by atoms with E-state index in [4.69, 9.17) is 4.74 Å². The molecule has 1 aliphatic heterocycles. The van der Waals surface area contributed by atoms with Crippen molar-refractivity contribution in [1.82, 2.24) is 14.3 Å². The fraction of sp³-hybridized carbons (Fsp3) is 0.412. The van der Waals surface area contributed by atoms with E-state index >= 15 is 0 Å². The molecule has 1 atom stereocenters. The summed E-state index contributed by atoms with van der Waals surface area (Å²) in [6.45, 7) is 5.60. The zero-order chi connectivity index (χ0) is 15.4. The highest BCUT2D eigenvalue weighted by Crippen LogP contribution is 2.37. The van der Waals surface area contributed by atoms with Crippen molar-refractivity contribution in [2.24, 2.45) is 7.05 Å². The number of pyridine rings is 1. The van der Waals surface area contributed by atoms with Gasteiger partial charge in [-0.15, -0.1) is 0 Å². The predicted octanol–water partition coefficient (Wildman–Crippen LogP) is 2.68. The lowest BCUT2D eigenvalue weighted by Gasteiger charge is -2.28. The molecule has 0 bridgehead atoms. The van der Waals surface area contributed by atoms with Crippen molar-refractivity contribution >= 4 is 21.8 Å². The van der Waals surface area contributed by atoms with Gasteiger partial charge in [0.25, 0.3) is 5.56 Å². The number of aryl methyl sites for hydroxylation is 3. The number of benzene rings is 1. The van der Waals surface area contributed by atoms with Crippen LogP contribution in [0, 0.1) is 6.92 Å². The van der Waals surface area contributed by atoms with Crippen LogP contribution in [0.2, 0.25) is 0 Å². The van der Waals surface area contributed by atoms with E-state index in [1.54, 1.807) is 4.57 Å². The Hall–Kier alpha value is -2.14. The summed E-state index contributed by atoms with van der Waals surface area (Å²) in [5.41, 5.74) is 3.13. The van der Waals surface area contributed by atoms with Crippen LogP contribution in [0.15, 0.2) is 23.1 Å². The molecular weight excluding hydrogens is 278 g/mol. The van der Waals surface area contributed by atoms with E-state index < -0.39 is 0 Å². The van der Waals surface area contributed by atoms with E-state index in [0.29, 0.717) is 0 Å². The van der Waals surface area contributed by atoms with Gasteiger partial charge in [0.05, 0.1) is 18.9 Å². The Morgan fingerprint density at radius 2 is 2.14 bits per heavy atom. The van der Waals surface area contributed by atoms with Crippen molar-refractivity contribution in [3.63, 3.8) is 0 Å². The Balaban J connectivity index is 2.23. The summed E-state index contributed by atoms with van der Waals surface area (Å²) in [5, 5.41) is 7.25. The first-order chi connectivity index (χ1) is 10.6. The topological polar surface area (TPSA) is 49.1 Å². The maximum Gasteiger partial charge on any atom is 0.259 e. The number of hydrogen-bond donors (Lipinski definition) is 0. The lowest BCUT2D eigenvalue weighted by Crippen LogP contribution is -2.22. The minimum atomic E-state index is 0.0296. The normalized spacial score (nSPS) is 18.0. The third kappa shape index (κ3) is 1.69. The van der Waals surface area contributed by atoms with Gasteiger partial charge in [0, 0.05) is 36.2 Å². The Labute approximate surface area is 128 Å². The molecule has 1 aromatic carbocycles. The zero-order valence-corrected chi connectivity index (χ0v) is 13.1. The first-order valence-corrected chi connectivity index (χ1v) is 7.72. The number of hydrogen-bond acceptors (Lipinski definition) is 3. The molecule has 0 saturated carbocycles. The summed E-state index contributed by atoms with van der Waals surface area (Å²) in [5.74, 6) is 0. The van der Waals surface area contributed by atoms with Gasteiger partial charge in [0.1, 0.15) is 5.65 Å². The van der Waals surface area contributed by atoms with Gasteiger partial charge in [0.15, 0.2) is 0 Å². The Morgan fingerprint density at radius 3 is 2.77 bits per heavy atom. The molecule has 1 aliphatic rings. The minimum Gasteiger partial charge on any atom is -0.373 e. The number of ether oxygens (including phenoxy) is 1. The summed E-state index contributed by atoms with van der Waals surface area (Å²) < 4.78 is 9.28. The van der Waals surface area contributed by atoms with Crippen molar-refractivity contribution in [3.05, 3.63) is 39.8 Å². The SMILES string of the molecule is CCn1ncc2c3c(C4CCO4)cc(C)cc3c(=O)n(C)c21. The van der Waals surface area contributed by atoms with Crippen LogP contribution in [0.1, 0.15) is 30.6 Å². The van der Waals surface area contributed by atoms with Gasteiger partial charge in [-0.1, -0.05) is 6.07 Å². The van der Waals surface area contributed by atoms with Crippen LogP contribution in [-0.4, -0.2) is 21.0 Å². The maximum absolute atomic E-state index is 12.8. The fourth-order valence-corrected chi connectivity index (χ4v) is 3.44. The molecule has 3 aromatic rings. The standard InChI is InChI=1S/C17H19N3O2/c1-4-20-16-13(9-18-20)15-11(14-5-6-22-14)7-10(2)8-12(15)17(21)19(16)3/h7-9,14H,4-6H2,1-3H3. The molecule has 0 spiro atoms. The molecule has 5 heteroatoms. The molecule has 4 rings (SSSR count). The second-order valence-electron chi connectivity index (χ2n) is 5.99. The molecular formula is C17H19N3O2. The van der Waals surface area contributed by atoms with Crippen molar-refractivity contribution in [2.75, 3.05) is 6.61 Å². The van der Waals surface area contributed by atoms with Gasteiger partial charge in [-0.2, -0.15) is 5.10 Å². The van der Waals surface area contributed by atoms with Crippen molar-refractivity contribution < 1.29 is 4.74 Å². The van der Waals surface area contributed by atoms with Gasteiger partial charge >= 0.3 is 0 Å². The van der Waals surface area contributed by atoms with Crippen LogP contribution in [0.3, 0.4) is 0 Å². The molecule has 3 heterocycles. The molecule has 0 aliphatic carbocycles. The quantitative estimate of drug-likeness (QED) is 0.730. The van der Waals surface area contributed by atoms with E-state index in [0.717, 1.165) is 52.5 Å². The third-order valence-corrected chi connectivity index (χ3v) is 4.59. The highest BCUT2D eigenvalue weighted by Gasteiger charge is 2.25. The van der Waals surface area contributed by atoms with Crippen LogP contribution in [-0.2, 0) is 18.3 Å². The molecule has 22 heavy (non-hydrogen) atoms. The number of aromatic nitrogens is 3. The molecule has 1 saturated heterocycles. The largest absolute Gasteiger partial charge is 0.373 e. The van der Waals surface area contributed by atoms with Gasteiger partial charge < -0.3 is 4.74 Å². The number of rotatable bonds is 2. The smallest absolute Gasteiger partial charge is 0.259 e. The summed E-state index contributed by atoms with van der Waals surface area (Å²) in [7, 11) is 1.82. The Bertz CT molecular complexity index is 948. The molecule has 0 radical (unpaired) electrons. The van der Waals surface area contributed by atoms with E-state index in [1.807, 2.05) is 37.8 Å².